The number of aliphatic carboxylic acids is 1. The molecule has 1 aliphatic rings. The lowest BCUT2D eigenvalue weighted by Gasteiger charge is -2.30. The minimum Gasteiger partial charge on any atom is -0.480 e. The van der Waals surface area contributed by atoms with Crippen molar-refractivity contribution in [1.29, 1.82) is 0 Å². The molecule has 1 saturated heterocycles. The molecular formula is C11H16N4O3. The molecule has 98 valence electrons. The van der Waals surface area contributed by atoms with Gasteiger partial charge >= 0.3 is 5.97 Å². The Morgan fingerprint density at radius 3 is 2.78 bits per heavy atom. The van der Waals surface area contributed by atoms with Crippen LogP contribution < -0.4 is 9.80 Å². The van der Waals surface area contributed by atoms with E-state index in [4.69, 9.17) is 9.84 Å². The van der Waals surface area contributed by atoms with Gasteiger partial charge in [0.25, 0.3) is 0 Å². The van der Waals surface area contributed by atoms with E-state index >= 15 is 0 Å². The number of anilines is 2. The minimum atomic E-state index is -0.893. The lowest BCUT2D eigenvalue weighted by atomic mass is 10.4. The van der Waals surface area contributed by atoms with Crippen LogP contribution in [0.1, 0.15) is 0 Å². The van der Waals surface area contributed by atoms with Gasteiger partial charge in [-0.05, 0) is 0 Å². The molecule has 0 unspecified atom stereocenters. The van der Waals surface area contributed by atoms with Crippen molar-refractivity contribution in [3.05, 3.63) is 12.4 Å². The average molecular weight is 252 g/mol. The largest absolute Gasteiger partial charge is 0.480 e. The third kappa shape index (κ3) is 2.86. The zero-order chi connectivity index (χ0) is 13.0. The van der Waals surface area contributed by atoms with E-state index in [1.165, 1.54) is 0 Å². The quantitative estimate of drug-likeness (QED) is 0.797. The van der Waals surface area contributed by atoms with E-state index < -0.39 is 5.97 Å². The van der Waals surface area contributed by atoms with Gasteiger partial charge in [0.05, 0.1) is 13.2 Å². The summed E-state index contributed by atoms with van der Waals surface area (Å²) in [6.45, 7) is 2.69. The number of hydrogen-bond acceptors (Lipinski definition) is 6. The van der Waals surface area contributed by atoms with Crippen LogP contribution in [0.2, 0.25) is 0 Å². The first-order valence-electron chi connectivity index (χ1n) is 5.75. The Balaban J connectivity index is 2.21. The summed E-state index contributed by atoms with van der Waals surface area (Å²) in [7, 11) is 1.70. The van der Waals surface area contributed by atoms with E-state index in [0.717, 1.165) is 13.1 Å². The van der Waals surface area contributed by atoms with Gasteiger partial charge in [0.15, 0.2) is 11.6 Å². The minimum absolute atomic E-state index is 0.101. The van der Waals surface area contributed by atoms with Gasteiger partial charge < -0.3 is 19.6 Å². The Hall–Kier alpha value is -1.89. The number of ether oxygens (including phenoxy) is 1. The summed E-state index contributed by atoms with van der Waals surface area (Å²) < 4.78 is 5.29. The smallest absolute Gasteiger partial charge is 0.323 e. The number of rotatable bonds is 4. The van der Waals surface area contributed by atoms with Crippen LogP contribution >= 0.6 is 0 Å². The molecular weight excluding hydrogens is 236 g/mol. The van der Waals surface area contributed by atoms with E-state index in [0.29, 0.717) is 24.8 Å². The zero-order valence-electron chi connectivity index (χ0n) is 10.2. The fourth-order valence-corrected chi connectivity index (χ4v) is 1.87. The lowest BCUT2D eigenvalue weighted by molar-refractivity contribution is -0.135. The Morgan fingerprint density at radius 2 is 2.11 bits per heavy atom. The fraction of sp³-hybridized carbons (Fsp3) is 0.545. The first-order valence-corrected chi connectivity index (χ1v) is 5.75. The summed E-state index contributed by atoms with van der Waals surface area (Å²) in [5.41, 5.74) is 0. The molecule has 2 rings (SSSR count). The van der Waals surface area contributed by atoms with Crippen LogP contribution in [0, 0.1) is 0 Å². The molecule has 0 spiro atoms. The number of carboxylic acids is 1. The van der Waals surface area contributed by atoms with Gasteiger partial charge in [-0.15, -0.1) is 0 Å². The highest BCUT2D eigenvalue weighted by atomic mass is 16.5. The van der Waals surface area contributed by atoms with Crippen LogP contribution in [-0.4, -0.2) is 60.9 Å². The highest BCUT2D eigenvalue weighted by Gasteiger charge is 2.19. The normalized spacial score (nSPS) is 15.5. The maximum absolute atomic E-state index is 10.7. The third-order valence-corrected chi connectivity index (χ3v) is 2.70. The fourth-order valence-electron chi connectivity index (χ4n) is 1.87. The Labute approximate surface area is 105 Å². The van der Waals surface area contributed by atoms with Crippen molar-refractivity contribution in [2.24, 2.45) is 0 Å². The Kier molecular flexibility index (Phi) is 3.93. The van der Waals surface area contributed by atoms with Gasteiger partial charge in [0.1, 0.15) is 6.54 Å². The van der Waals surface area contributed by atoms with Crippen molar-refractivity contribution >= 4 is 17.6 Å². The molecule has 0 aliphatic carbocycles. The summed E-state index contributed by atoms with van der Waals surface area (Å²) in [5.74, 6) is 0.405. The van der Waals surface area contributed by atoms with E-state index in [2.05, 4.69) is 14.9 Å². The second kappa shape index (κ2) is 5.63. The van der Waals surface area contributed by atoms with Crippen molar-refractivity contribution < 1.29 is 14.6 Å². The molecule has 7 heteroatoms. The van der Waals surface area contributed by atoms with Crippen molar-refractivity contribution in [1.82, 2.24) is 9.97 Å². The summed E-state index contributed by atoms with van der Waals surface area (Å²) in [6.07, 6.45) is 3.18. The van der Waals surface area contributed by atoms with Crippen LogP contribution in [0.15, 0.2) is 12.4 Å². The van der Waals surface area contributed by atoms with E-state index in [9.17, 15) is 4.79 Å². The zero-order valence-corrected chi connectivity index (χ0v) is 10.2. The van der Waals surface area contributed by atoms with E-state index in [1.807, 2.05) is 0 Å². The summed E-state index contributed by atoms with van der Waals surface area (Å²) in [6, 6.07) is 0. The highest BCUT2D eigenvalue weighted by molar-refractivity contribution is 5.75. The number of carboxylic acid groups (broad SMARTS) is 1. The highest BCUT2D eigenvalue weighted by Crippen LogP contribution is 2.23. The first-order chi connectivity index (χ1) is 8.68. The predicted octanol–water partition coefficient (Wildman–Crippen LogP) is -0.166. The maximum atomic E-state index is 10.7. The number of nitrogens with zero attached hydrogens (tertiary/aromatic N) is 4. The molecule has 0 bridgehead atoms. The summed E-state index contributed by atoms with van der Waals surface area (Å²) in [5, 5.41) is 8.82. The number of carbonyl (C=O) groups is 1. The van der Waals surface area contributed by atoms with Gasteiger partial charge in [-0.3, -0.25) is 4.79 Å². The molecule has 0 saturated carbocycles. The third-order valence-electron chi connectivity index (χ3n) is 2.70. The molecule has 1 aliphatic heterocycles. The molecule has 2 heterocycles. The Morgan fingerprint density at radius 1 is 1.44 bits per heavy atom. The van der Waals surface area contributed by atoms with Crippen molar-refractivity contribution in [2.75, 3.05) is 49.7 Å². The number of aromatic nitrogens is 2. The monoisotopic (exact) mass is 252 g/mol. The van der Waals surface area contributed by atoms with Crippen LogP contribution in [-0.2, 0) is 9.53 Å². The molecule has 0 atom stereocenters. The van der Waals surface area contributed by atoms with Gasteiger partial charge in [0.2, 0.25) is 0 Å². The maximum Gasteiger partial charge on any atom is 0.323 e. The summed E-state index contributed by atoms with van der Waals surface area (Å²) >= 11 is 0. The first kappa shape index (κ1) is 12.6. The number of likely N-dealkylation sites (N-methyl/N-ethyl adjacent to an activating group) is 1. The van der Waals surface area contributed by atoms with Gasteiger partial charge in [-0.2, -0.15) is 0 Å². The standard InChI is InChI=1S/C11H16N4O3/c1-14(8-9(16)17)10-11(13-3-2-12-10)15-4-6-18-7-5-15/h2-3H,4-8H2,1H3,(H,16,17). The average Bonchev–Trinajstić information content (AvgIpc) is 2.39. The molecule has 1 aromatic rings. The van der Waals surface area contributed by atoms with Crippen LogP contribution in [0.5, 0.6) is 0 Å². The molecule has 1 aromatic heterocycles. The molecule has 0 radical (unpaired) electrons. The molecule has 7 nitrogen and oxygen atoms in total. The SMILES string of the molecule is CN(CC(=O)O)c1nccnc1N1CCOCC1. The molecule has 1 N–H and O–H groups in total. The van der Waals surface area contributed by atoms with Crippen LogP contribution in [0.4, 0.5) is 11.6 Å². The van der Waals surface area contributed by atoms with Crippen molar-refractivity contribution in [2.45, 2.75) is 0 Å². The number of hydrogen-bond donors (Lipinski definition) is 1. The van der Waals surface area contributed by atoms with Crippen molar-refractivity contribution in [3.63, 3.8) is 0 Å². The van der Waals surface area contributed by atoms with Gasteiger partial charge in [-0.1, -0.05) is 0 Å². The van der Waals surface area contributed by atoms with E-state index in [-0.39, 0.29) is 6.54 Å². The molecule has 18 heavy (non-hydrogen) atoms. The molecule has 0 amide bonds. The molecule has 1 fully saturated rings. The topological polar surface area (TPSA) is 78.8 Å². The lowest BCUT2D eigenvalue weighted by Crippen LogP contribution is -2.38. The molecule has 0 aromatic carbocycles. The number of morpholine rings is 1. The van der Waals surface area contributed by atoms with Crippen molar-refractivity contribution in [3.8, 4) is 0 Å². The predicted molar refractivity (Wildman–Crippen MR) is 66.0 cm³/mol. The second-order valence-electron chi connectivity index (χ2n) is 4.05. The van der Waals surface area contributed by atoms with E-state index in [1.54, 1.807) is 24.3 Å². The second-order valence-corrected chi connectivity index (χ2v) is 4.05. The van der Waals surface area contributed by atoms with Gasteiger partial charge in [0, 0.05) is 32.5 Å². The van der Waals surface area contributed by atoms with Gasteiger partial charge in [-0.25, -0.2) is 9.97 Å². The van der Waals surface area contributed by atoms with Crippen LogP contribution in [0.3, 0.4) is 0 Å². The summed E-state index contributed by atoms with van der Waals surface area (Å²) in [4.78, 5) is 22.9. The van der Waals surface area contributed by atoms with Crippen LogP contribution in [0.25, 0.3) is 0 Å². The Bertz CT molecular complexity index is 421.